The number of hydrogen-bond donors (Lipinski definition) is 2. The minimum atomic E-state index is -0.482. The molecule has 14 heavy (non-hydrogen) atoms. The lowest BCUT2D eigenvalue weighted by Crippen LogP contribution is -3.19. The summed E-state index contributed by atoms with van der Waals surface area (Å²) in [4.78, 5) is 1.59. The van der Waals surface area contributed by atoms with Gasteiger partial charge in [0, 0.05) is 0 Å². The molecule has 1 saturated heterocycles. The predicted octanol–water partition coefficient (Wildman–Crippen LogP) is 0.216. The Kier molecular flexibility index (Phi) is 4.44. The zero-order chi connectivity index (χ0) is 10.6. The topological polar surface area (TPSA) is 24.7 Å². The monoisotopic (exact) mass is 196 g/mol. The van der Waals surface area contributed by atoms with E-state index in [0.717, 1.165) is 18.6 Å². The van der Waals surface area contributed by atoms with Gasteiger partial charge in [0.15, 0.2) is 0 Å². The molecule has 1 heterocycles. The first-order valence-corrected chi connectivity index (χ1v) is 5.63. The molecule has 80 valence electrons. The van der Waals surface area contributed by atoms with Crippen molar-refractivity contribution in [1.82, 2.24) is 0 Å². The van der Waals surface area contributed by atoms with Crippen LogP contribution in [0.25, 0.3) is 0 Å². The van der Waals surface area contributed by atoms with Crippen molar-refractivity contribution in [3.63, 3.8) is 0 Å². The molecule has 0 aliphatic carbocycles. The average Bonchev–Trinajstić information content (AvgIpc) is 2.09. The van der Waals surface area contributed by atoms with E-state index in [1.54, 1.807) is 11.8 Å². The van der Waals surface area contributed by atoms with Crippen molar-refractivity contribution in [3.8, 4) is 11.8 Å². The average molecular weight is 196 g/mol. The zero-order valence-corrected chi connectivity index (χ0v) is 9.51. The molecule has 0 aromatic heterocycles. The molecule has 2 N–H and O–H groups in total. The SMILES string of the molecule is C[C@@H](O)C#CC[NH+]1[C@@H](C)CCC[C@@H]1C. The molecule has 2 nitrogen and oxygen atoms in total. The molecule has 1 rings (SSSR count). The summed E-state index contributed by atoms with van der Waals surface area (Å²) in [6.45, 7) is 7.20. The van der Waals surface area contributed by atoms with Crippen molar-refractivity contribution in [2.45, 2.75) is 58.2 Å². The van der Waals surface area contributed by atoms with E-state index in [4.69, 9.17) is 5.11 Å². The third-order valence-electron chi connectivity index (χ3n) is 3.14. The van der Waals surface area contributed by atoms with Gasteiger partial charge in [0.05, 0.1) is 12.1 Å². The number of aliphatic hydroxyl groups excluding tert-OH is 1. The second kappa shape index (κ2) is 5.38. The molecule has 0 radical (unpaired) electrons. The van der Waals surface area contributed by atoms with Gasteiger partial charge >= 0.3 is 0 Å². The van der Waals surface area contributed by atoms with Gasteiger partial charge in [0.1, 0.15) is 12.6 Å². The molecule has 0 amide bonds. The maximum atomic E-state index is 9.03. The van der Waals surface area contributed by atoms with Crippen LogP contribution >= 0.6 is 0 Å². The summed E-state index contributed by atoms with van der Waals surface area (Å²) in [6.07, 6.45) is 3.51. The van der Waals surface area contributed by atoms with Gasteiger partial charge in [-0.15, -0.1) is 0 Å². The molecule has 2 heteroatoms. The summed E-state index contributed by atoms with van der Waals surface area (Å²) >= 11 is 0. The number of aliphatic hydroxyl groups is 1. The quantitative estimate of drug-likeness (QED) is 0.576. The normalized spacial score (nSPS) is 30.6. The van der Waals surface area contributed by atoms with E-state index in [1.165, 1.54) is 19.3 Å². The lowest BCUT2D eigenvalue weighted by Gasteiger charge is -2.34. The van der Waals surface area contributed by atoms with Gasteiger partial charge in [-0.3, -0.25) is 0 Å². The molecular formula is C12H22NO+. The first-order valence-electron chi connectivity index (χ1n) is 5.63. The highest BCUT2D eigenvalue weighted by molar-refractivity contribution is 5.03. The second-order valence-electron chi connectivity index (χ2n) is 4.48. The number of nitrogens with one attached hydrogen (secondary N) is 1. The number of rotatable bonds is 1. The van der Waals surface area contributed by atoms with E-state index in [-0.39, 0.29) is 0 Å². The van der Waals surface area contributed by atoms with E-state index >= 15 is 0 Å². The van der Waals surface area contributed by atoms with Crippen LogP contribution in [0, 0.1) is 11.8 Å². The first kappa shape index (κ1) is 11.6. The minimum Gasteiger partial charge on any atom is -0.381 e. The Balaban J connectivity index is 2.45. The van der Waals surface area contributed by atoms with Gasteiger partial charge in [-0.25, -0.2) is 0 Å². The minimum absolute atomic E-state index is 0.482. The summed E-state index contributed by atoms with van der Waals surface area (Å²) in [7, 11) is 0. The fourth-order valence-corrected chi connectivity index (χ4v) is 2.24. The maximum absolute atomic E-state index is 9.03. The van der Waals surface area contributed by atoms with Crippen LogP contribution in [0.3, 0.4) is 0 Å². The fraction of sp³-hybridized carbons (Fsp3) is 0.833. The fourth-order valence-electron chi connectivity index (χ4n) is 2.24. The van der Waals surface area contributed by atoms with E-state index < -0.39 is 6.10 Å². The Morgan fingerprint density at radius 1 is 1.36 bits per heavy atom. The van der Waals surface area contributed by atoms with Gasteiger partial charge in [-0.05, 0) is 46.0 Å². The van der Waals surface area contributed by atoms with Gasteiger partial charge in [0.2, 0.25) is 0 Å². The molecule has 0 aromatic rings. The molecule has 1 aliphatic rings. The Morgan fingerprint density at radius 2 is 1.93 bits per heavy atom. The summed E-state index contributed by atoms with van der Waals surface area (Å²) in [6, 6.07) is 1.45. The highest BCUT2D eigenvalue weighted by Gasteiger charge is 2.27. The lowest BCUT2D eigenvalue weighted by atomic mass is 9.98. The van der Waals surface area contributed by atoms with Crippen molar-refractivity contribution in [1.29, 1.82) is 0 Å². The van der Waals surface area contributed by atoms with Crippen LogP contribution in [0.2, 0.25) is 0 Å². The van der Waals surface area contributed by atoms with Crippen molar-refractivity contribution in [3.05, 3.63) is 0 Å². The highest BCUT2D eigenvalue weighted by Crippen LogP contribution is 2.06. The third-order valence-corrected chi connectivity index (χ3v) is 3.14. The number of piperidine rings is 1. The number of quaternary nitrogens is 1. The Morgan fingerprint density at radius 3 is 2.43 bits per heavy atom. The molecule has 0 saturated carbocycles. The van der Waals surface area contributed by atoms with Gasteiger partial charge in [-0.1, -0.05) is 5.92 Å². The molecule has 0 bridgehead atoms. The van der Waals surface area contributed by atoms with Crippen molar-refractivity contribution in [2.75, 3.05) is 6.54 Å². The second-order valence-corrected chi connectivity index (χ2v) is 4.48. The molecular weight excluding hydrogens is 174 g/mol. The Hall–Kier alpha value is -0.520. The predicted molar refractivity (Wildman–Crippen MR) is 58.1 cm³/mol. The van der Waals surface area contributed by atoms with Crippen LogP contribution < -0.4 is 4.90 Å². The number of hydrogen-bond acceptors (Lipinski definition) is 1. The van der Waals surface area contributed by atoms with Gasteiger partial charge < -0.3 is 10.0 Å². The molecule has 0 aromatic carbocycles. The summed E-state index contributed by atoms with van der Waals surface area (Å²) in [5.74, 6) is 5.90. The summed E-state index contributed by atoms with van der Waals surface area (Å²) in [5, 5.41) is 9.03. The van der Waals surface area contributed by atoms with Crippen LogP contribution in [-0.2, 0) is 0 Å². The van der Waals surface area contributed by atoms with E-state index in [9.17, 15) is 0 Å². The van der Waals surface area contributed by atoms with E-state index in [0.29, 0.717) is 0 Å². The number of likely N-dealkylation sites (tertiary alicyclic amines) is 1. The summed E-state index contributed by atoms with van der Waals surface area (Å²) in [5.41, 5.74) is 0. The summed E-state index contributed by atoms with van der Waals surface area (Å²) < 4.78 is 0. The van der Waals surface area contributed by atoms with Crippen LogP contribution in [0.1, 0.15) is 40.0 Å². The van der Waals surface area contributed by atoms with Crippen molar-refractivity contribution < 1.29 is 10.0 Å². The molecule has 1 aliphatic heterocycles. The van der Waals surface area contributed by atoms with Crippen LogP contribution in [0.5, 0.6) is 0 Å². The third kappa shape index (κ3) is 3.32. The Labute approximate surface area is 87.3 Å². The first-order chi connectivity index (χ1) is 6.61. The smallest absolute Gasteiger partial charge is 0.139 e. The standard InChI is InChI=1S/C12H21NO/c1-10-6-4-7-11(2)13(10)9-5-8-12(3)14/h10-12,14H,4,6-7,9H2,1-3H3/p+1/t10-,11-,12+/m0/s1. The highest BCUT2D eigenvalue weighted by atomic mass is 16.3. The van der Waals surface area contributed by atoms with E-state index in [2.05, 4.69) is 25.7 Å². The van der Waals surface area contributed by atoms with Crippen molar-refractivity contribution >= 4 is 0 Å². The largest absolute Gasteiger partial charge is 0.381 e. The van der Waals surface area contributed by atoms with Gasteiger partial charge in [0.25, 0.3) is 0 Å². The van der Waals surface area contributed by atoms with E-state index in [1.807, 2.05) is 0 Å². The van der Waals surface area contributed by atoms with Crippen LogP contribution in [-0.4, -0.2) is 29.8 Å². The van der Waals surface area contributed by atoms with Crippen LogP contribution in [0.4, 0.5) is 0 Å². The van der Waals surface area contributed by atoms with Crippen LogP contribution in [0.15, 0.2) is 0 Å². The maximum Gasteiger partial charge on any atom is 0.139 e. The molecule has 1 fully saturated rings. The van der Waals surface area contributed by atoms with Gasteiger partial charge in [-0.2, -0.15) is 0 Å². The zero-order valence-electron chi connectivity index (χ0n) is 9.51. The lowest BCUT2D eigenvalue weighted by molar-refractivity contribution is -0.944. The molecule has 0 unspecified atom stereocenters. The van der Waals surface area contributed by atoms with Crippen molar-refractivity contribution in [2.24, 2.45) is 0 Å². The Bertz CT molecular complexity index is 216. The molecule has 3 atom stereocenters. The molecule has 0 spiro atoms.